The molecule has 0 saturated carbocycles. The minimum atomic E-state index is -0.871. The average Bonchev–Trinajstić information content (AvgIpc) is 2.03. The lowest BCUT2D eigenvalue weighted by Gasteiger charge is -2.02. The van der Waals surface area contributed by atoms with Crippen LogP contribution in [0.3, 0.4) is 0 Å². The molecule has 0 bridgehead atoms. The van der Waals surface area contributed by atoms with Crippen LogP contribution in [0.25, 0.3) is 0 Å². The topological polar surface area (TPSA) is 38.3 Å². The molecule has 0 spiro atoms. The molecule has 0 heterocycles. The van der Waals surface area contributed by atoms with Gasteiger partial charge in [-0.25, -0.2) is 8.78 Å². The molecule has 0 atom stereocenters. The van der Waals surface area contributed by atoms with Gasteiger partial charge in [-0.15, -0.1) is 0 Å². The molecule has 0 aliphatic rings. The van der Waals surface area contributed by atoms with Crippen LogP contribution in [0.4, 0.5) is 8.78 Å². The van der Waals surface area contributed by atoms with Crippen LogP contribution in [0.1, 0.15) is 0 Å². The van der Waals surface area contributed by atoms with Crippen LogP contribution in [-0.2, 0) is 4.79 Å². The molecular weight excluding hydrogens is 168 g/mol. The van der Waals surface area contributed by atoms with Gasteiger partial charge < -0.3 is 4.84 Å². The van der Waals surface area contributed by atoms with E-state index in [9.17, 15) is 13.6 Å². The Hall–Kier alpha value is -1.65. The van der Waals surface area contributed by atoms with Crippen molar-refractivity contribution < 1.29 is 18.4 Å². The molecule has 12 heavy (non-hydrogen) atoms. The van der Waals surface area contributed by atoms with Crippen molar-refractivity contribution >= 4 is 6.41 Å². The second kappa shape index (κ2) is 3.66. The number of nitrogens with one attached hydrogen (secondary N) is 1. The van der Waals surface area contributed by atoms with Gasteiger partial charge in [-0.3, -0.25) is 4.79 Å². The molecule has 0 aliphatic heterocycles. The highest BCUT2D eigenvalue weighted by Crippen LogP contribution is 2.16. The van der Waals surface area contributed by atoms with Gasteiger partial charge in [0.05, 0.1) is 0 Å². The Labute approximate surface area is 66.9 Å². The van der Waals surface area contributed by atoms with E-state index in [0.29, 0.717) is 6.07 Å². The van der Waals surface area contributed by atoms with Gasteiger partial charge in [0.15, 0.2) is 11.6 Å². The number of carbonyl (C=O) groups is 1. The lowest BCUT2D eigenvalue weighted by molar-refractivity contribution is -0.115. The maximum atomic E-state index is 12.7. The van der Waals surface area contributed by atoms with Gasteiger partial charge in [0.2, 0.25) is 6.41 Å². The van der Waals surface area contributed by atoms with Crippen LogP contribution >= 0.6 is 0 Å². The van der Waals surface area contributed by atoms with E-state index in [1.165, 1.54) is 0 Å². The molecule has 1 aromatic carbocycles. The lowest BCUT2D eigenvalue weighted by atomic mass is 10.3. The van der Waals surface area contributed by atoms with Crippen LogP contribution in [0.5, 0.6) is 5.75 Å². The summed E-state index contributed by atoms with van der Waals surface area (Å²) < 4.78 is 24.9. The number of carbonyl (C=O) groups excluding carboxylic acids is 1. The summed E-state index contributed by atoms with van der Waals surface area (Å²) in [6, 6.07) is 2.74. The molecule has 0 fully saturated rings. The first-order chi connectivity index (χ1) is 5.74. The SMILES string of the molecule is O=CNOc1ccc(F)cc1F. The Morgan fingerprint density at radius 3 is 2.75 bits per heavy atom. The van der Waals surface area contributed by atoms with E-state index >= 15 is 0 Å². The molecule has 1 N–H and O–H groups in total. The van der Waals surface area contributed by atoms with Gasteiger partial charge in [-0.2, -0.15) is 5.48 Å². The fourth-order valence-electron chi connectivity index (χ4n) is 0.646. The van der Waals surface area contributed by atoms with E-state index in [1.807, 2.05) is 0 Å². The Kier molecular flexibility index (Phi) is 2.57. The highest BCUT2D eigenvalue weighted by molar-refractivity contribution is 5.44. The standard InChI is InChI=1S/C7H5F2NO2/c8-5-1-2-7(6(9)3-5)12-10-4-11/h1-4H,(H,10,11). The van der Waals surface area contributed by atoms with E-state index in [0.717, 1.165) is 12.1 Å². The molecule has 1 aromatic rings. The van der Waals surface area contributed by atoms with Gasteiger partial charge in [0, 0.05) is 6.07 Å². The Bertz CT molecular complexity index is 291. The highest BCUT2D eigenvalue weighted by Gasteiger charge is 2.03. The third-order valence-corrected chi connectivity index (χ3v) is 1.11. The molecule has 0 radical (unpaired) electrons. The van der Waals surface area contributed by atoms with Crippen molar-refractivity contribution in [1.82, 2.24) is 5.48 Å². The third-order valence-electron chi connectivity index (χ3n) is 1.11. The first-order valence-electron chi connectivity index (χ1n) is 3.05. The van der Waals surface area contributed by atoms with Gasteiger partial charge in [0.25, 0.3) is 0 Å². The van der Waals surface area contributed by atoms with E-state index in [2.05, 4.69) is 4.84 Å². The van der Waals surface area contributed by atoms with Crippen molar-refractivity contribution in [2.24, 2.45) is 0 Å². The van der Waals surface area contributed by atoms with E-state index in [4.69, 9.17) is 0 Å². The Balaban J connectivity index is 2.78. The number of rotatable bonds is 3. The maximum Gasteiger partial charge on any atom is 0.239 e. The van der Waals surface area contributed by atoms with Crippen molar-refractivity contribution in [2.45, 2.75) is 0 Å². The van der Waals surface area contributed by atoms with Crippen molar-refractivity contribution in [1.29, 1.82) is 0 Å². The highest BCUT2D eigenvalue weighted by atomic mass is 19.1. The van der Waals surface area contributed by atoms with Crippen LogP contribution in [0, 0.1) is 11.6 Å². The van der Waals surface area contributed by atoms with Crippen molar-refractivity contribution in [3.63, 3.8) is 0 Å². The molecule has 64 valence electrons. The first kappa shape index (κ1) is 8.45. The third kappa shape index (κ3) is 1.91. The molecule has 1 rings (SSSR count). The van der Waals surface area contributed by atoms with Crippen molar-refractivity contribution in [3.05, 3.63) is 29.8 Å². The molecule has 3 nitrogen and oxygen atoms in total. The maximum absolute atomic E-state index is 12.7. The van der Waals surface area contributed by atoms with Gasteiger partial charge in [0.1, 0.15) is 5.82 Å². The summed E-state index contributed by atoms with van der Waals surface area (Å²) in [4.78, 5) is 14.1. The molecular formula is C7H5F2NO2. The van der Waals surface area contributed by atoms with Crippen molar-refractivity contribution in [3.8, 4) is 5.75 Å². The average molecular weight is 173 g/mol. The van der Waals surface area contributed by atoms with Gasteiger partial charge in [-0.1, -0.05) is 0 Å². The largest absolute Gasteiger partial charge is 0.377 e. The van der Waals surface area contributed by atoms with E-state index in [1.54, 1.807) is 5.48 Å². The summed E-state index contributed by atoms with van der Waals surface area (Å²) in [6.07, 6.45) is 0.239. The number of hydroxylamine groups is 1. The monoisotopic (exact) mass is 173 g/mol. The zero-order valence-corrected chi connectivity index (χ0v) is 5.88. The zero-order chi connectivity index (χ0) is 8.97. The Morgan fingerprint density at radius 1 is 1.42 bits per heavy atom. The van der Waals surface area contributed by atoms with E-state index in [-0.39, 0.29) is 12.2 Å². The summed E-state index contributed by atoms with van der Waals surface area (Å²) in [5, 5.41) is 0. The molecule has 5 heteroatoms. The smallest absolute Gasteiger partial charge is 0.239 e. The van der Waals surface area contributed by atoms with Crippen LogP contribution < -0.4 is 10.3 Å². The summed E-state index contributed by atoms with van der Waals surface area (Å²) >= 11 is 0. The second-order valence-electron chi connectivity index (χ2n) is 1.91. The lowest BCUT2D eigenvalue weighted by Crippen LogP contribution is -2.16. The number of halogens is 2. The number of benzene rings is 1. The summed E-state index contributed by atoms with van der Waals surface area (Å²) in [6.45, 7) is 0. The molecule has 0 aromatic heterocycles. The summed E-state index contributed by atoms with van der Waals surface area (Å²) in [5.41, 5.74) is 1.78. The van der Waals surface area contributed by atoms with Crippen LogP contribution in [-0.4, -0.2) is 6.41 Å². The first-order valence-corrected chi connectivity index (χ1v) is 3.05. The van der Waals surface area contributed by atoms with Gasteiger partial charge in [-0.05, 0) is 12.1 Å². The molecule has 0 aliphatic carbocycles. The number of amides is 1. The molecule has 0 unspecified atom stereocenters. The minimum Gasteiger partial charge on any atom is -0.377 e. The number of hydrogen-bond donors (Lipinski definition) is 1. The second-order valence-corrected chi connectivity index (χ2v) is 1.91. The van der Waals surface area contributed by atoms with E-state index < -0.39 is 11.6 Å². The van der Waals surface area contributed by atoms with Crippen LogP contribution in [0.15, 0.2) is 18.2 Å². The fourth-order valence-corrected chi connectivity index (χ4v) is 0.646. The fraction of sp³-hybridized carbons (Fsp3) is 0. The normalized spacial score (nSPS) is 9.17. The van der Waals surface area contributed by atoms with Gasteiger partial charge >= 0.3 is 0 Å². The quantitative estimate of drug-likeness (QED) is 0.547. The zero-order valence-electron chi connectivity index (χ0n) is 5.88. The number of hydrogen-bond acceptors (Lipinski definition) is 2. The predicted octanol–water partition coefficient (Wildman–Crippen LogP) is 1.00. The van der Waals surface area contributed by atoms with Crippen LogP contribution in [0.2, 0.25) is 0 Å². The summed E-state index contributed by atoms with van der Waals surface area (Å²) in [7, 11) is 0. The minimum absolute atomic E-state index is 0.233. The molecule has 1 amide bonds. The van der Waals surface area contributed by atoms with Crippen molar-refractivity contribution in [2.75, 3.05) is 0 Å². The Morgan fingerprint density at radius 2 is 2.17 bits per heavy atom. The summed E-state index contributed by atoms with van der Waals surface area (Å²) in [5.74, 6) is -1.81. The molecule has 0 saturated heterocycles. The predicted molar refractivity (Wildman–Crippen MR) is 36.2 cm³/mol.